The van der Waals surface area contributed by atoms with E-state index in [1.54, 1.807) is 12.1 Å². The molecule has 0 heterocycles. The van der Waals surface area contributed by atoms with Crippen LogP contribution in [0.4, 0.5) is 5.69 Å². The molecule has 0 saturated heterocycles. The second-order valence-corrected chi connectivity index (χ2v) is 5.98. The lowest BCUT2D eigenvalue weighted by molar-refractivity contribution is -0.120. The minimum Gasteiger partial charge on any atom is -0.385 e. The number of rotatable bonds is 8. The van der Waals surface area contributed by atoms with Crippen LogP contribution in [0.15, 0.2) is 48.5 Å². The first-order chi connectivity index (χ1) is 11.5. The standard InChI is InChI=1S/C19H21ClN2O2/c1-14(23)16-3-2-4-18(13-16)21-12-10-19(24)22-11-9-15-5-7-17(20)8-6-15/h2-8,13,21H,9-12H2,1H3,(H,22,24). The molecule has 0 bridgehead atoms. The van der Waals surface area contributed by atoms with Gasteiger partial charge in [0.05, 0.1) is 0 Å². The number of hydrogen-bond donors (Lipinski definition) is 2. The van der Waals surface area contributed by atoms with Gasteiger partial charge in [0.15, 0.2) is 5.78 Å². The molecule has 0 unspecified atom stereocenters. The van der Waals surface area contributed by atoms with Crippen LogP contribution in [-0.2, 0) is 11.2 Å². The highest BCUT2D eigenvalue weighted by Gasteiger charge is 2.03. The minimum absolute atomic E-state index is 0.000754. The smallest absolute Gasteiger partial charge is 0.221 e. The SMILES string of the molecule is CC(=O)c1cccc(NCCC(=O)NCCc2ccc(Cl)cc2)c1. The zero-order valence-corrected chi connectivity index (χ0v) is 14.4. The average molecular weight is 345 g/mol. The first-order valence-corrected chi connectivity index (χ1v) is 8.28. The van der Waals surface area contributed by atoms with Gasteiger partial charge in [0.25, 0.3) is 0 Å². The van der Waals surface area contributed by atoms with E-state index in [0.29, 0.717) is 30.1 Å². The minimum atomic E-state index is -0.000754. The lowest BCUT2D eigenvalue weighted by atomic mass is 10.1. The van der Waals surface area contributed by atoms with Crippen LogP contribution in [0.25, 0.3) is 0 Å². The molecule has 2 aromatic rings. The third-order valence-corrected chi connectivity index (χ3v) is 3.85. The first kappa shape index (κ1) is 18.0. The lowest BCUT2D eigenvalue weighted by Crippen LogP contribution is -2.27. The van der Waals surface area contributed by atoms with Crippen LogP contribution < -0.4 is 10.6 Å². The van der Waals surface area contributed by atoms with Gasteiger partial charge in [-0.3, -0.25) is 9.59 Å². The molecule has 0 atom stereocenters. The zero-order chi connectivity index (χ0) is 17.4. The Kier molecular flexibility index (Phi) is 6.82. The molecule has 0 saturated carbocycles. The molecule has 0 aliphatic rings. The quantitative estimate of drug-likeness (QED) is 0.718. The van der Waals surface area contributed by atoms with Crippen LogP contribution in [0.3, 0.4) is 0 Å². The number of carbonyl (C=O) groups excluding carboxylic acids is 2. The maximum atomic E-state index is 11.8. The van der Waals surface area contributed by atoms with Gasteiger partial charge < -0.3 is 10.6 Å². The van der Waals surface area contributed by atoms with E-state index in [0.717, 1.165) is 17.7 Å². The molecule has 2 N–H and O–H groups in total. The molecule has 0 aliphatic carbocycles. The molecular weight excluding hydrogens is 324 g/mol. The number of amides is 1. The van der Waals surface area contributed by atoms with Crippen molar-refractivity contribution in [2.24, 2.45) is 0 Å². The molecule has 2 aromatic carbocycles. The average Bonchev–Trinajstić information content (AvgIpc) is 2.57. The topological polar surface area (TPSA) is 58.2 Å². The molecule has 24 heavy (non-hydrogen) atoms. The summed E-state index contributed by atoms with van der Waals surface area (Å²) in [6, 6.07) is 14.9. The Morgan fingerprint density at radius 2 is 1.79 bits per heavy atom. The third-order valence-electron chi connectivity index (χ3n) is 3.60. The Labute approximate surface area is 147 Å². The van der Waals surface area contributed by atoms with Crippen molar-refractivity contribution in [1.29, 1.82) is 0 Å². The summed E-state index contributed by atoms with van der Waals surface area (Å²) in [7, 11) is 0. The summed E-state index contributed by atoms with van der Waals surface area (Å²) in [4.78, 5) is 23.2. The Hall–Kier alpha value is -2.33. The molecular formula is C19H21ClN2O2. The van der Waals surface area contributed by atoms with Crippen LogP contribution in [0.1, 0.15) is 29.3 Å². The molecule has 0 aromatic heterocycles. The number of Topliss-reactive ketones (excluding diaryl/α,β-unsaturated/α-hetero) is 1. The van der Waals surface area contributed by atoms with Gasteiger partial charge in [-0.25, -0.2) is 0 Å². The molecule has 126 valence electrons. The molecule has 0 fully saturated rings. The van der Waals surface area contributed by atoms with Gasteiger partial charge in [-0.2, -0.15) is 0 Å². The van der Waals surface area contributed by atoms with Crippen LogP contribution in [-0.4, -0.2) is 24.8 Å². The van der Waals surface area contributed by atoms with Gasteiger partial charge in [-0.15, -0.1) is 0 Å². The number of anilines is 1. The lowest BCUT2D eigenvalue weighted by Gasteiger charge is -2.08. The first-order valence-electron chi connectivity index (χ1n) is 7.90. The summed E-state index contributed by atoms with van der Waals surface area (Å²) in [5.74, 6) is 0.0257. The highest BCUT2D eigenvalue weighted by Crippen LogP contribution is 2.11. The van der Waals surface area contributed by atoms with Crippen molar-refractivity contribution < 1.29 is 9.59 Å². The predicted molar refractivity (Wildman–Crippen MR) is 97.7 cm³/mol. The molecule has 2 rings (SSSR count). The van der Waals surface area contributed by atoms with E-state index in [1.807, 2.05) is 36.4 Å². The molecule has 1 amide bonds. The normalized spacial score (nSPS) is 10.2. The summed E-state index contributed by atoms with van der Waals surface area (Å²) >= 11 is 5.84. The number of carbonyl (C=O) groups is 2. The van der Waals surface area contributed by atoms with Crippen molar-refractivity contribution in [3.63, 3.8) is 0 Å². The van der Waals surface area contributed by atoms with Crippen molar-refractivity contribution in [2.75, 3.05) is 18.4 Å². The van der Waals surface area contributed by atoms with Crippen LogP contribution in [0.2, 0.25) is 5.02 Å². The number of ketones is 1. The molecule has 0 aliphatic heterocycles. The Morgan fingerprint density at radius 3 is 2.50 bits per heavy atom. The second kappa shape index (κ2) is 9.08. The molecule has 0 spiro atoms. The van der Waals surface area contributed by atoms with Crippen LogP contribution >= 0.6 is 11.6 Å². The Balaban J connectivity index is 1.67. The summed E-state index contributed by atoms with van der Waals surface area (Å²) in [5, 5.41) is 6.76. The summed E-state index contributed by atoms with van der Waals surface area (Å²) in [6.45, 7) is 2.65. The van der Waals surface area contributed by atoms with Gasteiger partial charge in [-0.1, -0.05) is 35.9 Å². The van der Waals surface area contributed by atoms with Crippen molar-refractivity contribution in [2.45, 2.75) is 19.8 Å². The van der Waals surface area contributed by atoms with E-state index in [2.05, 4.69) is 10.6 Å². The van der Waals surface area contributed by atoms with Crippen LogP contribution in [0, 0.1) is 0 Å². The maximum absolute atomic E-state index is 11.8. The van der Waals surface area contributed by atoms with E-state index in [1.165, 1.54) is 6.92 Å². The van der Waals surface area contributed by atoms with Gasteiger partial charge in [0, 0.05) is 35.8 Å². The van der Waals surface area contributed by atoms with Crippen molar-refractivity contribution in [3.8, 4) is 0 Å². The highest BCUT2D eigenvalue weighted by molar-refractivity contribution is 6.30. The second-order valence-electron chi connectivity index (χ2n) is 5.54. The Morgan fingerprint density at radius 1 is 1.04 bits per heavy atom. The van der Waals surface area contributed by atoms with E-state index in [9.17, 15) is 9.59 Å². The number of nitrogens with one attached hydrogen (secondary N) is 2. The number of halogens is 1. The Bertz CT molecular complexity index is 699. The molecule has 4 nitrogen and oxygen atoms in total. The van der Waals surface area contributed by atoms with Gasteiger partial charge in [-0.05, 0) is 43.2 Å². The van der Waals surface area contributed by atoms with Crippen molar-refractivity contribution in [3.05, 3.63) is 64.7 Å². The van der Waals surface area contributed by atoms with Crippen LogP contribution in [0.5, 0.6) is 0 Å². The summed E-state index contributed by atoms with van der Waals surface area (Å²) in [6.07, 6.45) is 1.15. The zero-order valence-electron chi connectivity index (χ0n) is 13.6. The monoisotopic (exact) mass is 344 g/mol. The van der Waals surface area contributed by atoms with Gasteiger partial charge in [0.2, 0.25) is 5.91 Å². The van der Waals surface area contributed by atoms with Gasteiger partial charge in [0.1, 0.15) is 0 Å². The van der Waals surface area contributed by atoms with E-state index in [-0.39, 0.29) is 11.7 Å². The number of hydrogen-bond acceptors (Lipinski definition) is 3. The molecule has 0 radical (unpaired) electrons. The fraction of sp³-hybridized carbons (Fsp3) is 0.263. The van der Waals surface area contributed by atoms with E-state index < -0.39 is 0 Å². The third kappa shape index (κ3) is 6.05. The van der Waals surface area contributed by atoms with E-state index >= 15 is 0 Å². The van der Waals surface area contributed by atoms with Gasteiger partial charge >= 0.3 is 0 Å². The van der Waals surface area contributed by atoms with E-state index in [4.69, 9.17) is 11.6 Å². The van der Waals surface area contributed by atoms with Crippen molar-refractivity contribution >= 4 is 29.0 Å². The fourth-order valence-corrected chi connectivity index (χ4v) is 2.38. The summed E-state index contributed by atoms with van der Waals surface area (Å²) < 4.78 is 0. The fourth-order valence-electron chi connectivity index (χ4n) is 2.25. The molecule has 5 heteroatoms. The maximum Gasteiger partial charge on any atom is 0.221 e. The highest BCUT2D eigenvalue weighted by atomic mass is 35.5. The van der Waals surface area contributed by atoms with Crippen molar-refractivity contribution in [1.82, 2.24) is 5.32 Å². The number of benzene rings is 2. The largest absolute Gasteiger partial charge is 0.385 e. The summed E-state index contributed by atoms with van der Waals surface area (Å²) in [5.41, 5.74) is 2.64. The predicted octanol–water partition coefficient (Wildman–Crippen LogP) is 3.70.